The molecule has 2 aliphatic rings. The van der Waals surface area contributed by atoms with Gasteiger partial charge in [0.2, 0.25) is 0 Å². The first-order valence-electron chi connectivity index (χ1n) is 5.91. The highest BCUT2D eigenvalue weighted by molar-refractivity contribution is 5.72. The first-order chi connectivity index (χ1) is 8.63. The molecule has 1 aromatic rings. The number of hydrogen-bond donors (Lipinski definition) is 2. The summed E-state index contributed by atoms with van der Waals surface area (Å²) in [6, 6.07) is 3.57. The number of carbonyl (C=O) groups is 1. The summed E-state index contributed by atoms with van der Waals surface area (Å²) in [5.74, 6) is -0.942. The topological polar surface area (TPSA) is 80.9 Å². The highest BCUT2D eigenvalue weighted by Gasteiger charge is 2.44. The van der Waals surface area contributed by atoms with Crippen molar-refractivity contribution in [2.75, 3.05) is 6.61 Å². The first-order valence-corrected chi connectivity index (χ1v) is 5.91. The second-order valence-corrected chi connectivity index (χ2v) is 4.80. The molecule has 0 aromatic carbocycles. The van der Waals surface area contributed by atoms with Crippen molar-refractivity contribution in [2.45, 2.75) is 37.6 Å². The third-order valence-corrected chi connectivity index (χ3v) is 3.59. The Bertz CT molecular complexity index is 471. The molecule has 2 N–H and O–H groups in total. The van der Waals surface area contributed by atoms with Crippen LogP contribution in [0.3, 0.4) is 0 Å². The minimum absolute atomic E-state index is 0.0359. The maximum Gasteiger partial charge on any atom is 0.189 e. The maximum atomic E-state index is 10.9. The minimum atomic E-state index is -0.942. The number of carbonyl (C=O) groups excluding carboxylic acids is 1. The van der Waals surface area contributed by atoms with Crippen LogP contribution in [0.15, 0.2) is 12.1 Å². The van der Waals surface area contributed by atoms with Gasteiger partial charge in [-0.1, -0.05) is 0 Å². The van der Waals surface area contributed by atoms with Crippen molar-refractivity contribution in [1.82, 2.24) is 4.57 Å². The van der Waals surface area contributed by atoms with Crippen molar-refractivity contribution in [1.29, 1.82) is 0 Å². The number of rotatable bonds is 1. The Hall–Kier alpha value is -1.21. The Kier molecular flexibility index (Phi) is 2.74. The standard InChI is InChI=1S/C12H15NO5/c14-4-8-1-2-9-5-17-12(7-13(8)9)3-10(15)11(16)6-18-12/h1-2,4,10-11,15-16H,3,5-7H2/t10-,11+,12+/m0/s1. The van der Waals surface area contributed by atoms with Crippen molar-refractivity contribution >= 4 is 6.29 Å². The van der Waals surface area contributed by atoms with Crippen LogP contribution in [0, 0.1) is 0 Å². The smallest absolute Gasteiger partial charge is 0.189 e. The quantitative estimate of drug-likeness (QED) is 0.670. The predicted molar refractivity (Wildman–Crippen MR) is 59.9 cm³/mol. The monoisotopic (exact) mass is 253 g/mol. The normalized spacial score (nSPS) is 35.4. The van der Waals surface area contributed by atoms with E-state index in [0.29, 0.717) is 18.8 Å². The molecule has 0 bridgehead atoms. The summed E-state index contributed by atoms with van der Waals surface area (Å²) in [5.41, 5.74) is 1.48. The molecule has 6 nitrogen and oxygen atoms in total. The molecule has 1 saturated heterocycles. The van der Waals surface area contributed by atoms with Gasteiger partial charge in [0, 0.05) is 12.1 Å². The Morgan fingerprint density at radius 2 is 2.17 bits per heavy atom. The van der Waals surface area contributed by atoms with Gasteiger partial charge in [-0.25, -0.2) is 0 Å². The molecular formula is C12H15NO5. The third-order valence-electron chi connectivity index (χ3n) is 3.59. The molecule has 0 saturated carbocycles. The van der Waals surface area contributed by atoms with Crippen LogP contribution in [0.2, 0.25) is 0 Å². The maximum absolute atomic E-state index is 10.9. The molecule has 6 heteroatoms. The van der Waals surface area contributed by atoms with Gasteiger partial charge >= 0.3 is 0 Å². The Morgan fingerprint density at radius 1 is 1.33 bits per heavy atom. The average molecular weight is 253 g/mol. The van der Waals surface area contributed by atoms with Crippen molar-refractivity contribution in [3.8, 4) is 0 Å². The molecule has 2 aliphatic heterocycles. The summed E-state index contributed by atoms with van der Waals surface area (Å²) >= 11 is 0. The summed E-state index contributed by atoms with van der Waals surface area (Å²) in [5, 5.41) is 19.2. The zero-order chi connectivity index (χ0) is 12.8. The lowest BCUT2D eigenvalue weighted by Crippen LogP contribution is -2.54. The molecule has 0 aliphatic carbocycles. The summed E-state index contributed by atoms with van der Waals surface area (Å²) in [6.45, 7) is 0.720. The van der Waals surface area contributed by atoms with Crippen LogP contribution in [-0.2, 0) is 22.6 Å². The molecule has 1 spiro atoms. The average Bonchev–Trinajstić information content (AvgIpc) is 2.76. The Balaban J connectivity index is 1.87. The third kappa shape index (κ3) is 1.78. The number of aliphatic hydroxyl groups is 2. The number of nitrogens with zero attached hydrogens (tertiary/aromatic N) is 1. The zero-order valence-electron chi connectivity index (χ0n) is 9.78. The lowest BCUT2D eigenvalue weighted by molar-refractivity contribution is -0.310. The Labute approximate surface area is 104 Å². The first kappa shape index (κ1) is 11.9. The fourth-order valence-corrected chi connectivity index (χ4v) is 2.51. The molecule has 3 atom stereocenters. The van der Waals surface area contributed by atoms with Crippen molar-refractivity contribution in [2.24, 2.45) is 0 Å². The number of aldehydes is 1. The largest absolute Gasteiger partial charge is 0.390 e. The van der Waals surface area contributed by atoms with E-state index in [9.17, 15) is 15.0 Å². The van der Waals surface area contributed by atoms with Crippen LogP contribution in [0.1, 0.15) is 22.6 Å². The molecule has 98 valence electrons. The van der Waals surface area contributed by atoms with E-state index in [4.69, 9.17) is 9.47 Å². The number of hydrogen-bond acceptors (Lipinski definition) is 5. The number of aliphatic hydroxyl groups excluding tert-OH is 2. The van der Waals surface area contributed by atoms with Gasteiger partial charge in [-0.2, -0.15) is 0 Å². The molecular weight excluding hydrogens is 238 g/mol. The van der Waals surface area contributed by atoms with Crippen LogP contribution in [0.5, 0.6) is 0 Å². The van der Waals surface area contributed by atoms with Crippen LogP contribution in [-0.4, -0.2) is 45.7 Å². The van der Waals surface area contributed by atoms with E-state index in [-0.39, 0.29) is 13.0 Å². The lowest BCUT2D eigenvalue weighted by atomic mass is 9.99. The van der Waals surface area contributed by atoms with Gasteiger partial charge in [0.25, 0.3) is 0 Å². The van der Waals surface area contributed by atoms with Crippen LogP contribution in [0.25, 0.3) is 0 Å². The van der Waals surface area contributed by atoms with Gasteiger partial charge in [0.15, 0.2) is 12.1 Å². The van der Waals surface area contributed by atoms with E-state index in [1.165, 1.54) is 0 Å². The SMILES string of the molecule is O=Cc1ccc2n1C[C@]1(C[C@H](O)[C@H](O)CO1)OC2. The van der Waals surface area contributed by atoms with Crippen molar-refractivity contribution < 1.29 is 24.5 Å². The van der Waals surface area contributed by atoms with Crippen LogP contribution < -0.4 is 0 Å². The number of fused-ring (bicyclic) bond motifs is 1. The lowest BCUT2D eigenvalue weighted by Gasteiger charge is -2.43. The van der Waals surface area contributed by atoms with E-state index in [2.05, 4.69) is 0 Å². The van der Waals surface area contributed by atoms with E-state index < -0.39 is 18.0 Å². The van der Waals surface area contributed by atoms with Crippen LogP contribution in [0.4, 0.5) is 0 Å². The molecule has 0 amide bonds. The van der Waals surface area contributed by atoms with Gasteiger partial charge in [-0.3, -0.25) is 4.79 Å². The summed E-state index contributed by atoms with van der Waals surface area (Å²) < 4.78 is 13.1. The molecule has 1 fully saturated rings. The molecule has 0 radical (unpaired) electrons. The predicted octanol–water partition coefficient (Wildman–Crippen LogP) is -0.331. The molecule has 0 unspecified atom stereocenters. The van der Waals surface area contributed by atoms with Gasteiger partial charge in [-0.05, 0) is 12.1 Å². The van der Waals surface area contributed by atoms with E-state index in [1.54, 1.807) is 6.07 Å². The molecule has 18 heavy (non-hydrogen) atoms. The summed E-state index contributed by atoms with van der Waals surface area (Å²) in [7, 11) is 0. The second-order valence-electron chi connectivity index (χ2n) is 4.80. The molecule has 1 aromatic heterocycles. The number of aromatic nitrogens is 1. The highest BCUT2D eigenvalue weighted by Crippen LogP contribution is 2.34. The van der Waals surface area contributed by atoms with Gasteiger partial charge in [0.05, 0.1) is 31.6 Å². The summed E-state index contributed by atoms with van der Waals surface area (Å²) in [6.07, 6.45) is -0.757. The highest BCUT2D eigenvalue weighted by atomic mass is 16.7. The fourth-order valence-electron chi connectivity index (χ4n) is 2.51. The van der Waals surface area contributed by atoms with E-state index in [0.717, 1.165) is 12.0 Å². The van der Waals surface area contributed by atoms with Gasteiger partial charge in [-0.15, -0.1) is 0 Å². The second kappa shape index (κ2) is 4.17. The summed E-state index contributed by atoms with van der Waals surface area (Å²) in [4.78, 5) is 10.9. The fraction of sp³-hybridized carbons (Fsp3) is 0.583. The van der Waals surface area contributed by atoms with Gasteiger partial charge in [0.1, 0.15) is 6.10 Å². The van der Waals surface area contributed by atoms with E-state index in [1.807, 2.05) is 10.6 Å². The number of ether oxygens (including phenoxy) is 2. The zero-order valence-corrected chi connectivity index (χ0v) is 9.78. The molecule has 3 heterocycles. The Morgan fingerprint density at radius 3 is 2.89 bits per heavy atom. The van der Waals surface area contributed by atoms with Gasteiger partial charge < -0.3 is 24.3 Å². The van der Waals surface area contributed by atoms with E-state index >= 15 is 0 Å². The van der Waals surface area contributed by atoms with Crippen molar-refractivity contribution in [3.63, 3.8) is 0 Å². The minimum Gasteiger partial charge on any atom is -0.390 e. The molecule has 3 rings (SSSR count). The van der Waals surface area contributed by atoms with Crippen molar-refractivity contribution in [3.05, 3.63) is 23.5 Å². The van der Waals surface area contributed by atoms with Crippen LogP contribution >= 0.6 is 0 Å².